The number of hydrogen-bond acceptors (Lipinski definition) is 4. The molecule has 1 aromatic rings. The highest BCUT2D eigenvalue weighted by Gasteiger charge is 2.30. The van der Waals surface area contributed by atoms with Crippen LogP contribution in [0, 0.1) is 0 Å². The van der Waals surface area contributed by atoms with Crippen molar-refractivity contribution in [2.24, 2.45) is 0 Å². The Morgan fingerprint density at radius 2 is 2.00 bits per heavy atom. The molecule has 1 saturated heterocycles. The zero-order chi connectivity index (χ0) is 14.8. The lowest BCUT2D eigenvalue weighted by Crippen LogP contribution is -2.45. The summed E-state index contributed by atoms with van der Waals surface area (Å²) in [5.41, 5.74) is 6.15. The Morgan fingerprint density at radius 3 is 2.55 bits per heavy atom. The molecule has 0 spiro atoms. The van der Waals surface area contributed by atoms with Crippen molar-refractivity contribution >= 4 is 15.7 Å². The van der Waals surface area contributed by atoms with Gasteiger partial charge in [0.05, 0.1) is 4.90 Å². The van der Waals surface area contributed by atoms with Gasteiger partial charge in [0.2, 0.25) is 10.0 Å². The van der Waals surface area contributed by atoms with Gasteiger partial charge < -0.3 is 10.6 Å². The van der Waals surface area contributed by atoms with Crippen LogP contribution in [0.3, 0.4) is 0 Å². The van der Waals surface area contributed by atoms with Gasteiger partial charge in [0.1, 0.15) is 0 Å². The maximum atomic E-state index is 12.6. The second kappa shape index (κ2) is 6.11. The molecule has 2 N–H and O–H groups in total. The van der Waals surface area contributed by atoms with Gasteiger partial charge in [0.25, 0.3) is 0 Å². The number of rotatable bonds is 4. The fourth-order valence-electron chi connectivity index (χ4n) is 2.64. The summed E-state index contributed by atoms with van der Waals surface area (Å²) >= 11 is 0. The first-order valence-corrected chi connectivity index (χ1v) is 8.45. The Hall–Kier alpha value is -1.11. The average molecular weight is 297 g/mol. The zero-order valence-corrected chi connectivity index (χ0v) is 12.9. The van der Waals surface area contributed by atoms with Crippen molar-refractivity contribution in [1.29, 1.82) is 0 Å². The summed E-state index contributed by atoms with van der Waals surface area (Å²) in [7, 11) is -1.78. The van der Waals surface area contributed by atoms with E-state index in [1.54, 1.807) is 25.2 Å². The predicted octanol–water partition coefficient (Wildman–Crippen LogP) is 1.37. The first-order valence-electron chi connectivity index (χ1n) is 7.01. The van der Waals surface area contributed by atoms with Crippen molar-refractivity contribution in [2.75, 3.05) is 32.4 Å². The van der Waals surface area contributed by atoms with E-state index in [9.17, 15) is 8.42 Å². The van der Waals surface area contributed by atoms with E-state index in [1.165, 1.54) is 10.4 Å². The number of sulfonamides is 1. The van der Waals surface area contributed by atoms with E-state index in [-0.39, 0.29) is 10.9 Å². The van der Waals surface area contributed by atoms with Crippen molar-refractivity contribution in [3.05, 3.63) is 24.3 Å². The number of nitrogens with two attached hydrogens (primary N) is 1. The molecule has 1 fully saturated rings. The van der Waals surface area contributed by atoms with Gasteiger partial charge in [0.15, 0.2) is 0 Å². The molecule has 1 heterocycles. The molecule has 0 atom stereocenters. The Morgan fingerprint density at radius 1 is 1.35 bits per heavy atom. The van der Waals surface area contributed by atoms with Crippen LogP contribution in [0.5, 0.6) is 0 Å². The van der Waals surface area contributed by atoms with Gasteiger partial charge in [-0.05, 0) is 50.7 Å². The normalized spacial score (nSPS) is 18.6. The SMILES string of the molecule is CCN1CCC(N(C)S(=O)(=O)c2cccc(N)c2)CC1. The third kappa shape index (κ3) is 3.13. The van der Waals surface area contributed by atoms with Gasteiger partial charge in [-0.2, -0.15) is 4.31 Å². The molecular weight excluding hydrogens is 274 g/mol. The minimum absolute atomic E-state index is 0.0734. The number of piperidine rings is 1. The second-order valence-corrected chi connectivity index (χ2v) is 7.26. The molecule has 0 radical (unpaired) electrons. The molecule has 0 unspecified atom stereocenters. The summed E-state index contributed by atoms with van der Waals surface area (Å²) in [6, 6.07) is 6.56. The number of hydrogen-bond donors (Lipinski definition) is 1. The van der Waals surface area contributed by atoms with E-state index in [0.29, 0.717) is 5.69 Å². The molecular formula is C14H23N3O2S. The van der Waals surface area contributed by atoms with Gasteiger partial charge in [-0.3, -0.25) is 0 Å². The van der Waals surface area contributed by atoms with Crippen LogP contribution in [0.4, 0.5) is 5.69 Å². The Bertz CT molecular complexity index is 551. The topological polar surface area (TPSA) is 66.6 Å². The number of nitrogen functional groups attached to an aromatic ring is 1. The molecule has 0 aromatic heterocycles. The van der Waals surface area contributed by atoms with Crippen molar-refractivity contribution in [3.63, 3.8) is 0 Å². The highest BCUT2D eigenvalue weighted by atomic mass is 32.2. The van der Waals surface area contributed by atoms with Gasteiger partial charge >= 0.3 is 0 Å². The Kier molecular flexibility index (Phi) is 4.67. The summed E-state index contributed by atoms with van der Waals surface area (Å²) < 4.78 is 26.7. The predicted molar refractivity (Wildman–Crippen MR) is 80.9 cm³/mol. The molecule has 2 rings (SSSR count). The third-order valence-electron chi connectivity index (χ3n) is 4.05. The van der Waals surface area contributed by atoms with Crippen LogP contribution in [0.2, 0.25) is 0 Å². The maximum Gasteiger partial charge on any atom is 0.243 e. The number of nitrogens with zero attached hydrogens (tertiary/aromatic N) is 2. The quantitative estimate of drug-likeness (QED) is 0.853. The molecule has 20 heavy (non-hydrogen) atoms. The van der Waals surface area contributed by atoms with Crippen LogP contribution in [-0.2, 0) is 10.0 Å². The van der Waals surface area contributed by atoms with Crippen molar-refractivity contribution in [3.8, 4) is 0 Å². The second-order valence-electron chi connectivity index (χ2n) is 5.26. The van der Waals surface area contributed by atoms with Crippen LogP contribution in [0.15, 0.2) is 29.2 Å². The van der Waals surface area contributed by atoms with Crippen molar-refractivity contribution in [1.82, 2.24) is 9.21 Å². The Balaban J connectivity index is 2.14. The molecule has 1 aliphatic heterocycles. The molecule has 0 amide bonds. The molecule has 5 nitrogen and oxygen atoms in total. The van der Waals surface area contributed by atoms with Crippen LogP contribution >= 0.6 is 0 Å². The molecule has 112 valence electrons. The van der Waals surface area contributed by atoms with E-state index in [2.05, 4.69) is 11.8 Å². The third-order valence-corrected chi connectivity index (χ3v) is 5.96. The minimum Gasteiger partial charge on any atom is -0.399 e. The van der Waals surface area contributed by atoms with E-state index in [4.69, 9.17) is 5.73 Å². The van der Waals surface area contributed by atoms with Gasteiger partial charge in [-0.1, -0.05) is 13.0 Å². The van der Waals surface area contributed by atoms with Crippen LogP contribution < -0.4 is 5.73 Å². The fraction of sp³-hybridized carbons (Fsp3) is 0.571. The fourth-order valence-corrected chi connectivity index (χ4v) is 4.11. The van der Waals surface area contributed by atoms with E-state index in [0.717, 1.165) is 32.5 Å². The highest BCUT2D eigenvalue weighted by Crippen LogP contribution is 2.23. The molecule has 0 bridgehead atoms. The average Bonchev–Trinajstić information content (AvgIpc) is 2.46. The van der Waals surface area contributed by atoms with Crippen molar-refractivity contribution in [2.45, 2.75) is 30.7 Å². The van der Waals surface area contributed by atoms with Gasteiger partial charge in [0, 0.05) is 18.8 Å². The van der Waals surface area contributed by atoms with E-state index >= 15 is 0 Å². The lowest BCUT2D eigenvalue weighted by atomic mass is 10.1. The Labute approximate surface area is 121 Å². The largest absolute Gasteiger partial charge is 0.399 e. The lowest BCUT2D eigenvalue weighted by Gasteiger charge is -2.35. The standard InChI is InChI=1S/C14H23N3O2S/c1-3-17-9-7-13(8-10-17)16(2)20(18,19)14-6-4-5-12(15)11-14/h4-6,11,13H,3,7-10,15H2,1-2H3. The summed E-state index contributed by atoms with van der Waals surface area (Å²) in [6.07, 6.45) is 1.76. The number of anilines is 1. The van der Waals surface area contributed by atoms with Gasteiger partial charge in [-0.15, -0.1) is 0 Å². The molecule has 1 aromatic carbocycles. The highest BCUT2D eigenvalue weighted by molar-refractivity contribution is 7.89. The monoisotopic (exact) mass is 297 g/mol. The molecule has 0 saturated carbocycles. The summed E-state index contributed by atoms with van der Waals surface area (Å²) in [4.78, 5) is 2.62. The maximum absolute atomic E-state index is 12.6. The summed E-state index contributed by atoms with van der Waals surface area (Å²) in [5, 5.41) is 0. The molecule has 6 heteroatoms. The smallest absolute Gasteiger partial charge is 0.243 e. The number of likely N-dealkylation sites (tertiary alicyclic amines) is 1. The first-order chi connectivity index (χ1) is 9.45. The van der Waals surface area contributed by atoms with Crippen molar-refractivity contribution < 1.29 is 8.42 Å². The number of benzene rings is 1. The summed E-state index contributed by atoms with van der Waals surface area (Å²) in [5.74, 6) is 0. The first kappa shape index (κ1) is 15.3. The van der Waals surface area contributed by atoms with Crippen LogP contribution in [0.1, 0.15) is 19.8 Å². The van der Waals surface area contributed by atoms with E-state index < -0.39 is 10.0 Å². The minimum atomic E-state index is -3.45. The molecule has 0 aliphatic carbocycles. The zero-order valence-electron chi connectivity index (χ0n) is 12.1. The van der Waals surface area contributed by atoms with Gasteiger partial charge in [-0.25, -0.2) is 8.42 Å². The lowest BCUT2D eigenvalue weighted by molar-refractivity contribution is 0.176. The van der Waals surface area contributed by atoms with E-state index in [1.807, 2.05) is 0 Å². The molecule has 1 aliphatic rings. The van der Waals surface area contributed by atoms with Crippen LogP contribution in [0.25, 0.3) is 0 Å². The van der Waals surface area contributed by atoms with Crippen LogP contribution in [-0.4, -0.2) is 50.3 Å². The summed E-state index contributed by atoms with van der Waals surface area (Å²) in [6.45, 7) is 5.07.